The van der Waals surface area contributed by atoms with Crippen molar-refractivity contribution in [3.63, 3.8) is 0 Å². The smallest absolute Gasteiger partial charge is 0.430 e. The molecule has 0 aliphatic carbocycles. The molecule has 2 aromatic rings. The van der Waals surface area contributed by atoms with Gasteiger partial charge >= 0.3 is 6.16 Å². The van der Waals surface area contributed by atoms with Crippen LogP contribution in [0.15, 0.2) is 48.5 Å². The number of halogens is 1. The van der Waals surface area contributed by atoms with Gasteiger partial charge in [0.15, 0.2) is 5.60 Å². The summed E-state index contributed by atoms with van der Waals surface area (Å²) in [4.78, 5) is 25.6. The van der Waals surface area contributed by atoms with Crippen molar-refractivity contribution < 1.29 is 23.5 Å². The van der Waals surface area contributed by atoms with Gasteiger partial charge in [0, 0.05) is 31.5 Å². The number of amides is 1. The fraction of sp³-hybridized carbons (Fsp3) is 0.300. The first kappa shape index (κ1) is 16.6. The number of likely N-dealkylation sites (tertiary alicyclic amines) is 1. The minimum atomic E-state index is -0.627. The molecule has 2 fully saturated rings. The summed E-state index contributed by atoms with van der Waals surface area (Å²) in [6.45, 7) is 1.29. The second-order valence-corrected chi connectivity index (χ2v) is 6.70. The van der Waals surface area contributed by atoms with Gasteiger partial charge < -0.3 is 14.4 Å². The SMILES string of the molecule is O=C1OCC2(CCN(C(=O)c3ccc(-c4cccc(F)c4)cc3)CC2)O1. The summed E-state index contributed by atoms with van der Waals surface area (Å²) in [7, 11) is 0. The van der Waals surface area contributed by atoms with Gasteiger partial charge in [0.1, 0.15) is 12.4 Å². The molecule has 0 unspecified atom stereocenters. The molecule has 4 rings (SSSR count). The van der Waals surface area contributed by atoms with E-state index < -0.39 is 11.8 Å². The van der Waals surface area contributed by atoms with E-state index in [0.717, 1.165) is 11.1 Å². The Kier molecular flexibility index (Phi) is 4.11. The van der Waals surface area contributed by atoms with Crippen molar-refractivity contribution in [1.82, 2.24) is 4.90 Å². The van der Waals surface area contributed by atoms with Gasteiger partial charge in [0.05, 0.1) is 0 Å². The topological polar surface area (TPSA) is 55.8 Å². The number of hydrogen-bond donors (Lipinski definition) is 0. The number of nitrogens with zero attached hydrogens (tertiary/aromatic N) is 1. The molecule has 0 bridgehead atoms. The van der Waals surface area contributed by atoms with Crippen molar-refractivity contribution in [2.75, 3.05) is 19.7 Å². The number of hydrogen-bond acceptors (Lipinski definition) is 4. The molecule has 2 aliphatic heterocycles. The van der Waals surface area contributed by atoms with Gasteiger partial charge in [-0.2, -0.15) is 0 Å². The van der Waals surface area contributed by atoms with E-state index in [-0.39, 0.29) is 18.3 Å². The number of cyclic esters (lactones) is 1. The fourth-order valence-corrected chi connectivity index (χ4v) is 3.45. The van der Waals surface area contributed by atoms with Crippen molar-refractivity contribution >= 4 is 12.1 Å². The van der Waals surface area contributed by atoms with Crippen LogP contribution in [-0.2, 0) is 9.47 Å². The largest absolute Gasteiger partial charge is 0.509 e. The molecule has 6 heteroatoms. The highest BCUT2D eigenvalue weighted by Crippen LogP contribution is 2.32. The third-order valence-electron chi connectivity index (χ3n) is 5.00. The molecule has 2 saturated heterocycles. The van der Waals surface area contributed by atoms with E-state index >= 15 is 0 Å². The van der Waals surface area contributed by atoms with E-state index in [1.54, 1.807) is 23.1 Å². The van der Waals surface area contributed by atoms with Gasteiger partial charge in [0.2, 0.25) is 0 Å². The lowest BCUT2D eigenvalue weighted by Gasteiger charge is -2.36. The van der Waals surface area contributed by atoms with E-state index in [1.807, 2.05) is 18.2 Å². The maximum absolute atomic E-state index is 13.4. The number of carbonyl (C=O) groups is 2. The van der Waals surface area contributed by atoms with Crippen molar-refractivity contribution in [1.29, 1.82) is 0 Å². The average Bonchev–Trinajstić information content (AvgIpc) is 3.02. The fourth-order valence-electron chi connectivity index (χ4n) is 3.45. The van der Waals surface area contributed by atoms with E-state index in [2.05, 4.69) is 0 Å². The number of benzene rings is 2. The zero-order valence-corrected chi connectivity index (χ0v) is 14.1. The van der Waals surface area contributed by atoms with Crippen LogP contribution in [-0.4, -0.2) is 42.3 Å². The van der Waals surface area contributed by atoms with Crippen molar-refractivity contribution in [3.8, 4) is 11.1 Å². The molecule has 0 aromatic heterocycles. The Bertz CT molecular complexity index is 841. The predicted molar refractivity (Wildman–Crippen MR) is 92.1 cm³/mol. The normalized spacial score (nSPS) is 18.5. The minimum Gasteiger partial charge on any atom is -0.430 e. The molecular formula is C20H18FNO4. The first-order valence-corrected chi connectivity index (χ1v) is 8.56. The second-order valence-electron chi connectivity index (χ2n) is 6.70. The van der Waals surface area contributed by atoms with Crippen LogP contribution in [0.1, 0.15) is 23.2 Å². The van der Waals surface area contributed by atoms with Crippen LogP contribution in [0.3, 0.4) is 0 Å². The van der Waals surface area contributed by atoms with Crippen LogP contribution in [0, 0.1) is 5.82 Å². The number of carbonyl (C=O) groups excluding carboxylic acids is 2. The Balaban J connectivity index is 1.43. The number of rotatable bonds is 2. The lowest BCUT2D eigenvalue weighted by atomic mass is 9.92. The Hall–Kier alpha value is -2.89. The van der Waals surface area contributed by atoms with Crippen LogP contribution in [0.2, 0.25) is 0 Å². The highest BCUT2D eigenvalue weighted by molar-refractivity contribution is 5.94. The highest BCUT2D eigenvalue weighted by atomic mass is 19.1. The molecule has 5 nitrogen and oxygen atoms in total. The minimum absolute atomic E-state index is 0.0594. The zero-order valence-electron chi connectivity index (χ0n) is 14.1. The van der Waals surface area contributed by atoms with Crippen molar-refractivity contribution in [2.24, 2.45) is 0 Å². The lowest BCUT2D eigenvalue weighted by molar-refractivity contribution is 0.00281. The van der Waals surface area contributed by atoms with Gasteiger partial charge in [-0.25, -0.2) is 9.18 Å². The average molecular weight is 355 g/mol. The van der Waals surface area contributed by atoms with Crippen LogP contribution in [0.4, 0.5) is 9.18 Å². The predicted octanol–water partition coefficient (Wildman–Crippen LogP) is 3.63. The molecule has 1 amide bonds. The maximum Gasteiger partial charge on any atom is 0.509 e. The van der Waals surface area contributed by atoms with Crippen LogP contribution in [0.5, 0.6) is 0 Å². The first-order chi connectivity index (χ1) is 12.5. The summed E-state index contributed by atoms with van der Waals surface area (Å²) in [6, 6.07) is 13.5. The summed E-state index contributed by atoms with van der Waals surface area (Å²) < 4.78 is 23.5. The zero-order chi connectivity index (χ0) is 18.1. The van der Waals surface area contributed by atoms with Gasteiger partial charge in [0.25, 0.3) is 5.91 Å². The molecule has 1 spiro atoms. The molecule has 2 heterocycles. The van der Waals surface area contributed by atoms with Gasteiger partial charge in [-0.1, -0.05) is 24.3 Å². The number of piperidine rings is 1. The molecule has 0 radical (unpaired) electrons. The third-order valence-corrected chi connectivity index (χ3v) is 5.00. The number of ether oxygens (including phenoxy) is 2. The molecule has 2 aliphatic rings. The van der Waals surface area contributed by atoms with Crippen LogP contribution < -0.4 is 0 Å². The summed E-state index contributed by atoms with van der Waals surface area (Å²) in [6.07, 6.45) is 0.523. The van der Waals surface area contributed by atoms with Gasteiger partial charge in [-0.3, -0.25) is 4.79 Å². The van der Waals surface area contributed by atoms with Crippen LogP contribution in [0.25, 0.3) is 11.1 Å². The third kappa shape index (κ3) is 3.14. The maximum atomic E-state index is 13.4. The van der Waals surface area contributed by atoms with E-state index in [4.69, 9.17) is 9.47 Å². The summed E-state index contributed by atoms with van der Waals surface area (Å²) >= 11 is 0. The van der Waals surface area contributed by atoms with Gasteiger partial charge in [-0.05, 0) is 35.4 Å². The summed E-state index contributed by atoms with van der Waals surface area (Å²) in [5.74, 6) is -0.350. The van der Waals surface area contributed by atoms with E-state index in [0.29, 0.717) is 31.5 Å². The Morgan fingerprint density at radius 3 is 2.38 bits per heavy atom. The summed E-state index contributed by atoms with van der Waals surface area (Å²) in [5, 5.41) is 0. The van der Waals surface area contributed by atoms with Crippen molar-refractivity contribution in [3.05, 3.63) is 59.9 Å². The Morgan fingerprint density at radius 2 is 1.77 bits per heavy atom. The molecule has 26 heavy (non-hydrogen) atoms. The molecule has 2 aromatic carbocycles. The van der Waals surface area contributed by atoms with Crippen molar-refractivity contribution in [2.45, 2.75) is 18.4 Å². The molecule has 0 atom stereocenters. The molecule has 134 valence electrons. The Labute approximate surface area is 150 Å². The quantitative estimate of drug-likeness (QED) is 0.772. The van der Waals surface area contributed by atoms with Crippen LogP contribution >= 0.6 is 0 Å². The molecule has 0 saturated carbocycles. The second kappa shape index (κ2) is 6.44. The molecule has 0 N–H and O–H groups in total. The highest BCUT2D eigenvalue weighted by Gasteiger charge is 2.45. The summed E-state index contributed by atoms with van der Waals surface area (Å²) in [5.41, 5.74) is 1.64. The lowest BCUT2D eigenvalue weighted by Crippen LogP contribution is -2.48. The standard InChI is InChI=1S/C20H18FNO4/c21-17-3-1-2-16(12-17)14-4-6-15(7-5-14)18(23)22-10-8-20(9-11-22)13-25-19(24)26-20/h1-7,12H,8-11,13H2. The Morgan fingerprint density at radius 1 is 1.04 bits per heavy atom. The first-order valence-electron chi connectivity index (χ1n) is 8.56. The van der Waals surface area contributed by atoms with Gasteiger partial charge in [-0.15, -0.1) is 0 Å². The monoisotopic (exact) mass is 355 g/mol. The van der Waals surface area contributed by atoms with E-state index in [1.165, 1.54) is 12.1 Å². The van der Waals surface area contributed by atoms with E-state index in [9.17, 15) is 14.0 Å². The molecular weight excluding hydrogens is 337 g/mol.